The van der Waals surface area contributed by atoms with Crippen molar-refractivity contribution >= 4 is 21.6 Å². The smallest absolute Gasteiger partial charge is 0.0809 e. The number of hydrogen-bond acceptors (Lipinski definition) is 5. The molecule has 2 atom stereocenters. The molecule has 1 aliphatic heterocycles. The summed E-state index contributed by atoms with van der Waals surface area (Å²) in [6, 6.07) is 5.07. The van der Waals surface area contributed by atoms with Crippen molar-refractivity contribution in [1.82, 2.24) is 15.2 Å². The van der Waals surface area contributed by atoms with Crippen molar-refractivity contribution in [3.8, 4) is 0 Å². The molecule has 0 amide bonds. The zero-order chi connectivity index (χ0) is 16.1. The highest BCUT2D eigenvalue weighted by Gasteiger charge is 2.22. The summed E-state index contributed by atoms with van der Waals surface area (Å²) in [6.07, 6.45) is 6.75. The van der Waals surface area contributed by atoms with Crippen LogP contribution in [0.25, 0.3) is 10.2 Å². The SMILES string of the molecule is CC(NCCCCN1CCCC1CO)c1cnc2ccsc2c1. The van der Waals surface area contributed by atoms with E-state index in [1.165, 1.54) is 29.5 Å². The van der Waals surface area contributed by atoms with Gasteiger partial charge in [-0.25, -0.2) is 0 Å². The summed E-state index contributed by atoms with van der Waals surface area (Å²) in [5, 5.41) is 15.0. The third-order valence-corrected chi connectivity index (χ3v) is 5.71. The predicted octanol–water partition coefficient (Wildman–Crippen LogP) is 3.18. The maximum Gasteiger partial charge on any atom is 0.0809 e. The Morgan fingerprint density at radius 1 is 1.48 bits per heavy atom. The zero-order valence-corrected chi connectivity index (χ0v) is 14.7. The molecule has 0 aliphatic carbocycles. The van der Waals surface area contributed by atoms with E-state index < -0.39 is 0 Å². The van der Waals surface area contributed by atoms with Gasteiger partial charge < -0.3 is 10.4 Å². The van der Waals surface area contributed by atoms with Crippen molar-refractivity contribution < 1.29 is 5.11 Å². The predicted molar refractivity (Wildman–Crippen MR) is 97.0 cm³/mol. The number of nitrogens with one attached hydrogen (secondary N) is 1. The number of pyridine rings is 1. The van der Waals surface area contributed by atoms with Crippen LogP contribution in [0.3, 0.4) is 0 Å². The molecular weight excluding hydrogens is 306 g/mol. The van der Waals surface area contributed by atoms with E-state index in [-0.39, 0.29) is 0 Å². The minimum Gasteiger partial charge on any atom is -0.395 e. The van der Waals surface area contributed by atoms with Gasteiger partial charge in [0.05, 0.1) is 16.8 Å². The molecule has 0 saturated carbocycles. The fourth-order valence-electron chi connectivity index (χ4n) is 3.37. The van der Waals surface area contributed by atoms with E-state index in [1.54, 1.807) is 11.3 Å². The van der Waals surface area contributed by atoms with E-state index in [4.69, 9.17) is 0 Å². The van der Waals surface area contributed by atoms with Gasteiger partial charge in [-0.1, -0.05) is 0 Å². The van der Waals surface area contributed by atoms with Crippen molar-refractivity contribution in [2.45, 2.75) is 44.7 Å². The zero-order valence-electron chi connectivity index (χ0n) is 13.9. The Morgan fingerprint density at radius 3 is 3.26 bits per heavy atom. The standard InChI is InChI=1S/C18H27N3OS/c1-14(15-11-18-17(20-12-15)6-10-23-18)19-7-2-3-8-21-9-4-5-16(21)13-22/h6,10-12,14,16,19,22H,2-5,7-9,13H2,1H3. The molecule has 4 nitrogen and oxygen atoms in total. The molecule has 2 aromatic heterocycles. The monoisotopic (exact) mass is 333 g/mol. The Labute approximate surface area is 142 Å². The Hall–Kier alpha value is -1.01. The highest BCUT2D eigenvalue weighted by Crippen LogP contribution is 2.22. The molecule has 2 N–H and O–H groups in total. The lowest BCUT2D eigenvalue weighted by molar-refractivity contribution is 0.157. The van der Waals surface area contributed by atoms with Crippen LogP contribution >= 0.6 is 11.3 Å². The number of hydrogen-bond donors (Lipinski definition) is 2. The molecule has 1 aliphatic rings. The number of rotatable bonds is 8. The third-order valence-electron chi connectivity index (χ3n) is 4.86. The van der Waals surface area contributed by atoms with Crippen molar-refractivity contribution in [2.24, 2.45) is 0 Å². The van der Waals surface area contributed by atoms with Crippen molar-refractivity contribution in [3.63, 3.8) is 0 Å². The maximum absolute atomic E-state index is 9.34. The van der Waals surface area contributed by atoms with Crippen LogP contribution in [0.15, 0.2) is 23.7 Å². The van der Waals surface area contributed by atoms with E-state index in [0.717, 1.165) is 31.6 Å². The maximum atomic E-state index is 9.34. The van der Waals surface area contributed by atoms with Crippen LogP contribution in [0.1, 0.15) is 44.2 Å². The first-order valence-electron chi connectivity index (χ1n) is 8.69. The lowest BCUT2D eigenvalue weighted by Crippen LogP contribution is -2.33. The van der Waals surface area contributed by atoms with Gasteiger partial charge in [0.25, 0.3) is 0 Å². The van der Waals surface area contributed by atoms with E-state index in [1.807, 2.05) is 6.20 Å². The van der Waals surface area contributed by atoms with Crippen LogP contribution in [-0.2, 0) is 0 Å². The van der Waals surface area contributed by atoms with Gasteiger partial charge in [-0.05, 0) is 75.3 Å². The molecule has 3 rings (SSSR count). The highest BCUT2D eigenvalue weighted by atomic mass is 32.1. The van der Waals surface area contributed by atoms with Crippen LogP contribution in [0.4, 0.5) is 0 Å². The number of nitrogens with zero attached hydrogens (tertiary/aromatic N) is 2. The number of aliphatic hydroxyl groups is 1. The Balaban J connectivity index is 1.38. The summed E-state index contributed by atoms with van der Waals surface area (Å²) in [4.78, 5) is 6.96. The minimum absolute atomic E-state index is 0.313. The van der Waals surface area contributed by atoms with Gasteiger partial charge in [0.15, 0.2) is 0 Å². The first-order chi connectivity index (χ1) is 11.3. The molecule has 1 saturated heterocycles. The van der Waals surface area contributed by atoms with Crippen LogP contribution in [0.5, 0.6) is 0 Å². The summed E-state index contributed by atoms with van der Waals surface area (Å²) >= 11 is 1.75. The fraction of sp³-hybridized carbons (Fsp3) is 0.611. The molecule has 0 radical (unpaired) electrons. The van der Waals surface area contributed by atoms with Gasteiger partial charge >= 0.3 is 0 Å². The molecule has 3 heterocycles. The van der Waals surface area contributed by atoms with Crippen molar-refractivity contribution in [1.29, 1.82) is 0 Å². The number of fused-ring (bicyclic) bond motifs is 1. The topological polar surface area (TPSA) is 48.4 Å². The van der Waals surface area contributed by atoms with Crippen LogP contribution in [0.2, 0.25) is 0 Å². The summed E-state index contributed by atoms with van der Waals surface area (Å²) in [5.41, 5.74) is 2.36. The number of unbranched alkanes of at least 4 members (excludes halogenated alkanes) is 1. The fourth-order valence-corrected chi connectivity index (χ4v) is 4.16. The van der Waals surface area contributed by atoms with Gasteiger partial charge in [0.1, 0.15) is 0 Å². The second-order valence-corrected chi connectivity index (χ2v) is 7.42. The second kappa shape index (κ2) is 8.20. The van der Waals surface area contributed by atoms with Gasteiger partial charge in [0.2, 0.25) is 0 Å². The van der Waals surface area contributed by atoms with E-state index in [9.17, 15) is 5.11 Å². The first kappa shape index (κ1) is 16.8. The first-order valence-corrected chi connectivity index (χ1v) is 9.57. The molecule has 23 heavy (non-hydrogen) atoms. The number of thiophene rings is 1. The van der Waals surface area contributed by atoms with E-state index in [0.29, 0.717) is 18.7 Å². The van der Waals surface area contributed by atoms with Crippen molar-refractivity contribution in [3.05, 3.63) is 29.3 Å². The summed E-state index contributed by atoms with van der Waals surface area (Å²) in [5.74, 6) is 0. The lowest BCUT2D eigenvalue weighted by atomic mass is 10.1. The van der Waals surface area contributed by atoms with Crippen LogP contribution in [0, 0.1) is 0 Å². The summed E-state index contributed by atoms with van der Waals surface area (Å²) in [7, 11) is 0. The average Bonchev–Trinajstić information content (AvgIpc) is 3.22. The number of likely N-dealkylation sites (tertiary alicyclic amines) is 1. The quantitative estimate of drug-likeness (QED) is 0.729. The molecule has 1 fully saturated rings. The molecule has 5 heteroatoms. The third kappa shape index (κ3) is 4.29. The van der Waals surface area contributed by atoms with Gasteiger partial charge in [-0.2, -0.15) is 0 Å². The van der Waals surface area contributed by atoms with Crippen LogP contribution in [-0.4, -0.2) is 47.3 Å². The summed E-state index contributed by atoms with van der Waals surface area (Å²) in [6.45, 7) is 5.82. The lowest BCUT2D eigenvalue weighted by Gasteiger charge is -2.22. The normalized spacial score (nSPS) is 20.3. The Bertz CT molecular complexity index is 615. The van der Waals surface area contributed by atoms with Gasteiger partial charge in [0, 0.05) is 18.3 Å². The summed E-state index contributed by atoms with van der Waals surface area (Å²) < 4.78 is 1.26. The molecule has 0 bridgehead atoms. The van der Waals surface area contributed by atoms with Gasteiger partial charge in [-0.3, -0.25) is 9.88 Å². The van der Waals surface area contributed by atoms with E-state index >= 15 is 0 Å². The van der Waals surface area contributed by atoms with Gasteiger partial charge in [-0.15, -0.1) is 11.3 Å². The largest absolute Gasteiger partial charge is 0.395 e. The minimum atomic E-state index is 0.313. The molecular formula is C18H27N3OS. The van der Waals surface area contributed by atoms with Crippen LogP contribution < -0.4 is 5.32 Å². The molecule has 0 spiro atoms. The second-order valence-electron chi connectivity index (χ2n) is 6.47. The Kier molecular flexibility index (Phi) is 6.00. The molecule has 2 unspecified atom stereocenters. The molecule has 0 aromatic carbocycles. The van der Waals surface area contributed by atoms with Crippen molar-refractivity contribution in [2.75, 3.05) is 26.2 Å². The number of aliphatic hydroxyl groups excluding tert-OH is 1. The number of aromatic nitrogens is 1. The Morgan fingerprint density at radius 2 is 2.39 bits per heavy atom. The molecule has 126 valence electrons. The highest BCUT2D eigenvalue weighted by molar-refractivity contribution is 7.17. The average molecular weight is 334 g/mol. The van der Waals surface area contributed by atoms with E-state index in [2.05, 4.69) is 39.6 Å². The molecule has 2 aromatic rings.